The van der Waals surface area contributed by atoms with Gasteiger partial charge in [-0.2, -0.15) is 0 Å². The third-order valence-corrected chi connectivity index (χ3v) is 0. The maximum atomic E-state index is 6.25. The minimum Gasteiger partial charge on any atom is -0.512 e. The largest absolute Gasteiger partial charge is 3.00 e. The summed E-state index contributed by atoms with van der Waals surface area (Å²) < 4.78 is 0. The van der Waals surface area contributed by atoms with Gasteiger partial charge in [0.1, 0.15) is 0 Å². The second kappa shape index (κ2) is 80.5. The molecule has 0 saturated carbocycles. The SMILES string of the molecule is [Al+3].[C-]#N.[C-]#N.[C-]#N. The first-order chi connectivity index (χ1) is 3.00. The van der Waals surface area contributed by atoms with Gasteiger partial charge in [-0.05, 0) is 0 Å². The molecule has 0 aliphatic heterocycles. The quantitative estimate of drug-likeness (QED) is 0.319. The van der Waals surface area contributed by atoms with Crippen molar-refractivity contribution in [2.75, 3.05) is 0 Å². The molecule has 0 aromatic heterocycles. The Kier molecular flexibility index (Phi) is 431. The summed E-state index contributed by atoms with van der Waals surface area (Å²) in [5, 5.41) is 18.8. The molecule has 0 N–H and O–H groups in total. The Labute approximate surface area is 53.5 Å². The van der Waals surface area contributed by atoms with Gasteiger partial charge in [0.15, 0.2) is 0 Å². The summed E-state index contributed by atoms with van der Waals surface area (Å²) >= 11 is 0. The Morgan fingerprint density at radius 3 is 0.571 bits per heavy atom. The molecular formula is C3AlN3. The van der Waals surface area contributed by atoms with Crippen molar-refractivity contribution in [3.8, 4) is 0 Å². The summed E-state index contributed by atoms with van der Waals surface area (Å²) in [6.07, 6.45) is 0. The van der Waals surface area contributed by atoms with E-state index in [2.05, 4.69) is 0 Å². The normalized spacial score (nSPS) is 0.857. The molecule has 0 bridgehead atoms. The predicted octanol–water partition coefficient (Wildman–Crippen LogP) is -0.0917. The second-order valence-electron chi connectivity index (χ2n) is 0. The molecule has 0 atom stereocenters. The maximum Gasteiger partial charge on any atom is 3.00 e. The number of hydrogen-bond acceptors (Lipinski definition) is 3. The van der Waals surface area contributed by atoms with Crippen LogP contribution < -0.4 is 0 Å². The smallest absolute Gasteiger partial charge is 0.512 e. The van der Waals surface area contributed by atoms with Gasteiger partial charge in [-0.25, -0.2) is 0 Å². The zero-order valence-electron chi connectivity index (χ0n) is 3.42. The molecule has 7 heavy (non-hydrogen) atoms. The van der Waals surface area contributed by atoms with Crippen molar-refractivity contribution in [3.05, 3.63) is 19.7 Å². The summed E-state index contributed by atoms with van der Waals surface area (Å²) in [4.78, 5) is 0. The average Bonchev–Trinajstić information content (AvgIpc) is 1.81. The predicted molar refractivity (Wildman–Crippen MR) is 20.7 cm³/mol. The van der Waals surface area contributed by atoms with Crippen LogP contribution in [0.3, 0.4) is 0 Å². The third-order valence-electron chi connectivity index (χ3n) is 0. The summed E-state index contributed by atoms with van der Waals surface area (Å²) in [7, 11) is 0. The van der Waals surface area contributed by atoms with Crippen molar-refractivity contribution < 1.29 is 0 Å². The van der Waals surface area contributed by atoms with Crippen LogP contribution >= 0.6 is 0 Å². The van der Waals surface area contributed by atoms with E-state index in [1.807, 2.05) is 0 Å². The molecule has 0 heterocycles. The first-order valence-electron chi connectivity index (χ1n) is 0.671. The van der Waals surface area contributed by atoms with Crippen molar-refractivity contribution in [2.45, 2.75) is 0 Å². The molecule has 0 radical (unpaired) electrons. The van der Waals surface area contributed by atoms with Crippen LogP contribution in [0, 0.1) is 35.5 Å². The van der Waals surface area contributed by atoms with E-state index in [-0.39, 0.29) is 17.4 Å². The standard InChI is InChI=1S/3CN.Al/c3*1-2;/q3*-1;+3. The fraction of sp³-hybridized carbons (Fsp3) is 0. The van der Waals surface area contributed by atoms with Crippen molar-refractivity contribution in [3.63, 3.8) is 0 Å². The monoisotopic (exact) mass is 105 g/mol. The van der Waals surface area contributed by atoms with Gasteiger partial charge in [0.2, 0.25) is 0 Å². The first-order valence-corrected chi connectivity index (χ1v) is 0.671. The van der Waals surface area contributed by atoms with Crippen molar-refractivity contribution in [2.24, 2.45) is 0 Å². The van der Waals surface area contributed by atoms with E-state index in [9.17, 15) is 0 Å². The molecule has 0 amide bonds. The molecule has 0 saturated heterocycles. The molecule has 3 nitrogen and oxygen atoms in total. The van der Waals surface area contributed by atoms with Crippen LogP contribution in [0.15, 0.2) is 0 Å². The molecule has 0 aromatic carbocycles. The van der Waals surface area contributed by atoms with Gasteiger partial charge >= 0.3 is 17.4 Å². The average molecular weight is 105 g/mol. The third kappa shape index (κ3) is 45.3. The molecule has 0 aromatic rings. The van der Waals surface area contributed by atoms with Crippen LogP contribution in [0.25, 0.3) is 0 Å². The van der Waals surface area contributed by atoms with Gasteiger partial charge in [-0.3, -0.25) is 0 Å². The van der Waals surface area contributed by atoms with Crippen molar-refractivity contribution in [1.29, 1.82) is 15.8 Å². The molecule has 0 rings (SSSR count). The van der Waals surface area contributed by atoms with E-state index < -0.39 is 0 Å². The number of hydrogen-bond donors (Lipinski definition) is 0. The van der Waals surface area contributed by atoms with Crippen LogP contribution in [0.5, 0.6) is 0 Å². The minimum absolute atomic E-state index is 0. The Balaban J connectivity index is -0.00000000900. The van der Waals surface area contributed by atoms with Gasteiger partial charge in [0.05, 0.1) is 0 Å². The number of nitrogens with zero attached hydrogens (tertiary/aromatic N) is 3. The van der Waals surface area contributed by atoms with Gasteiger partial charge < -0.3 is 35.5 Å². The zero-order chi connectivity index (χ0) is 6.00. The molecule has 0 spiro atoms. The summed E-state index contributed by atoms with van der Waals surface area (Å²) in [5.74, 6) is 0. The van der Waals surface area contributed by atoms with E-state index in [1.165, 1.54) is 0 Å². The Hall–Kier alpha value is -0.998. The Bertz CT molecular complexity index is 38.7. The van der Waals surface area contributed by atoms with Crippen LogP contribution in [-0.4, -0.2) is 17.4 Å². The van der Waals surface area contributed by atoms with Crippen molar-refractivity contribution >= 4 is 17.4 Å². The molecule has 0 unspecified atom stereocenters. The topological polar surface area (TPSA) is 71.4 Å². The molecule has 0 fully saturated rings. The van der Waals surface area contributed by atoms with Gasteiger partial charge in [0.25, 0.3) is 0 Å². The Morgan fingerprint density at radius 1 is 0.571 bits per heavy atom. The molecular weight excluding hydrogens is 105 g/mol. The molecule has 4 heteroatoms. The molecule has 30 valence electrons. The van der Waals surface area contributed by atoms with Crippen LogP contribution in [0.1, 0.15) is 0 Å². The molecule has 0 aliphatic carbocycles. The van der Waals surface area contributed by atoms with E-state index in [1.54, 1.807) is 0 Å². The van der Waals surface area contributed by atoms with E-state index in [0.717, 1.165) is 0 Å². The summed E-state index contributed by atoms with van der Waals surface area (Å²) in [5.41, 5.74) is 0. The van der Waals surface area contributed by atoms with Crippen LogP contribution in [0.4, 0.5) is 0 Å². The zero-order valence-corrected chi connectivity index (χ0v) is 4.57. The second-order valence-corrected chi connectivity index (χ2v) is 0. The minimum atomic E-state index is 0. The van der Waals surface area contributed by atoms with Crippen LogP contribution in [-0.2, 0) is 0 Å². The van der Waals surface area contributed by atoms with E-state index >= 15 is 0 Å². The fourth-order valence-electron chi connectivity index (χ4n) is 0. The maximum absolute atomic E-state index is 6.25. The Morgan fingerprint density at radius 2 is 0.571 bits per heavy atom. The van der Waals surface area contributed by atoms with Gasteiger partial charge in [-0.15, -0.1) is 0 Å². The summed E-state index contributed by atoms with van der Waals surface area (Å²) in [6.45, 7) is 14.2. The van der Waals surface area contributed by atoms with E-state index in [4.69, 9.17) is 35.5 Å². The first kappa shape index (κ1) is 37.5. The molecule has 0 aliphatic rings. The van der Waals surface area contributed by atoms with Crippen LogP contribution in [0.2, 0.25) is 0 Å². The summed E-state index contributed by atoms with van der Waals surface area (Å²) in [6, 6.07) is 0. The van der Waals surface area contributed by atoms with E-state index in [0.29, 0.717) is 0 Å². The van der Waals surface area contributed by atoms with Crippen molar-refractivity contribution in [1.82, 2.24) is 0 Å². The van der Waals surface area contributed by atoms with Gasteiger partial charge in [-0.1, -0.05) is 0 Å². The fourth-order valence-corrected chi connectivity index (χ4v) is 0. The number of rotatable bonds is 0. The van der Waals surface area contributed by atoms with Gasteiger partial charge in [0, 0.05) is 0 Å².